The summed E-state index contributed by atoms with van der Waals surface area (Å²) < 4.78 is 11.0. The second-order valence-corrected chi connectivity index (χ2v) is 5.70. The van der Waals surface area contributed by atoms with Gasteiger partial charge in [-0.05, 0) is 56.1 Å². The predicted molar refractivity (Wildman–Crippen MR) is 93.9 cm³/mol. The van der Waals surface area contributed by atoms with Crippen molar-refractivity contribution in [3.8, 4) is 11.5 Å². The van der Waals surface area contributed by atoms with Crippen molar-refractivity contribution in [2.45, 2.75) is 32.4 Å². The highest BCUT2D eigenvalue weighted by molar-refractivity contribution is 5.77. The molecular weight excluding hydrogens is 304 g/mol. The number of ether oxygens (including phenoxy) is 2. The summed E-state index contributed by atoms with van der Waals surface area (Å²) in [7, 11) is 0. The molecule has 0 aliphatic rings. The van der Waals surface area contributed by atoms with Gasteiger partial charge in [0.15, 0.2) is 0 Å². The summed E-state index contributed by atoms with van der Waals surface area (Å²) in [5, 5.41) is 0. The van der Waals surface area contributed by atoms with Crippen LogP contribution in [-0.2, 0) is 11.4 Å². The van der Waals surface area contributed by atoms with Gasteiger partial charge in [0.05, 0.1) is 0 Å². The monoisotopic (exact) mass is 328 g/mol. The molecule has 128 valence electrons. The van der Waals surface area contributed by atoms with Crippen molar-refractivity contribution in [3.05, 3.63) is 59.7 Å². The standard InChI is InChI=1S/C19H24N2O3/c1-14-4-6-15(7-5-14)13-23-16-8-10-17(11-9-16)24-19(22)18(21)3-2-12-20/h4-11,18H,2-3,12-13,20-21H2,1H3. The Morgan fingerprint density at radius 2 is 1.67 bits per heavy atom. The van der Waals surface area contributed by atoms with Gasteiger partial charge in [0, 0.05) is 0 Å². The first-order valence-corrected chi connectivity index (χ1v) is 8.04. The van der Waals surface area contributed by atoms with Crippen molar-refractivity contribution in [3.63, 3.8) is 0 Å². The zero-order valence-electron chi connectivity index (χ0n) is 13.9. The molecule has 24 heavy (non-hydrogen) atoms. The highest BCUT2D eigenvalue weighted by Crippen LogP contribution is 2.19. The van der Waals surface area contributed by atoms with Crippen LogP contribution in [0, 0.1) is 6.92 Å². The number of benzene rings is 2. The molecule has 0 bridgehead atoms. The fraction of sp³-hybridized carbons (Fsp3) is 0.316. The SMILES string of the molecule is Cc1ccc(COc2ccc(OC(=O)C(N)CCCN)cc2)cc1. The van der Waals surface area contributed by atoms with E-state index in [4.69, 9.17) is 20.9 Å². The number of hydrogen-bond donors (Lipinski definition) is 2. The summed E-state index contributed by atoms with van der Waals surface area (Å²) in [6, 6.07) is 14.4. The van der Waals surface area contributed by atoms with Crippen molar-refractivity contribution in [1.82, 2.24) is 0 Å². The van der Waals surface area contributed by atoms with Crippen LogP contribution in [0.2, 0.25) is 0 Å². The average molecular weight is 328 g/mol. The minimum Gasteiger partial charge on any atom is -0.489 e. The molecule has 0 aliphatic heterocycles. The number of carbonyl (C=O) groups is 1. The maximum atomic E-state index is 11.8. The lowest BCUT2D eigenvalue weighted by atomic mass is 10.2. The van der Waals surface area contributed by atoms with Crippen LogP contribution in [0.25, 0.3) is 0 Å². The molecule has 0 aliphatic carbocycles. The van der Waals surface area contributed by atoms with Gasteiger partial charge in [0.2, 0.25) is 0 Å². The van der Waals surface area contributed by atoms with Crippen molar-refractivity contribution in [1.29, 1.82) is 0 Å². The summed E-state index contributed by atoms with van der Waals surface area (Å²) in [5.41, 5.74) is 13.5. The Morgan fingerprint density at radius 1 is 1.04 bits per heavy atom. The summed E-state index contributed by atoms with van der Waals surface area (Å²) in [5.74, 6) is 0.713. The zero-order chi connectivity index (χ0) is 17.4. The van der Waals surface area contributed by atoms with Crippen LogP contribution >= 0.6 is 0 Å². The number of aryl methyl sites for hydroxylation is 1. The molecule has 0 fully saturated rings. The summed E-state index contributed by atoms with van der Waals surface area (Å²) in [6.07, 6.45) is 1.22. The predicted octanol–water partition coefficient (Wildman–Crippen LogP) is 2.55. The molecular formula is C19H24N2O3. The quantitative estimate of drug-likeness (QED) is 0.574. The molecule has 0 radical (unpaired) electrons. The van der Waals surface area contributed by atoms with Crippen LogP contribution in [0.1, 0.15) is 24.0 Å². The van der Waals surface area contributed by atoms with Gasteiger partial charge in [-0.1, -0.05) is 29.8 Å². The number of nitrogens with two attached hydrogens (primary N) is 2. The molecule has 2 rings (SSSR count). The Balaban J connectivity index is 1.84. The minimum absolute atomic E-state index is 0.447. The lowest BCUT2D eigenvalue weighted by Gasteiger charge is -2.11. The van der Waals surface area contributed by atoms with Gasteiger partial charge in [-0.25, -0.2) is 4.79 Å². The van der Waals surface area contributed by atoms with Crippen LogP contribution in [0.15, 0.2) is 48.5 Å². The zero-order valence-corrected chi connectivity index (χ0v) is 13.9. The first-order chi connectivity index (χ1) is 11.6. The van der Waals surface area contributed by atoms with Gasteiger partial charge in [-0.15, -0.1) is 0 Å². The molecule has 2 aromatic carbocycles. The molecule has 0 saturated carbocycles. The molecule has 0 amide bonds. The molecule has 4 N–H and O–H groups in total. The third-order valence-electron chi connectivity index (χ3n) is 3.59. The first kappa shape index (κ1) is 18.0. The molecule has 0 heterocycles. The largest absolute Gasteiger partial charge is 0.489 e. The molecule has 5 heteroatoms. The molecule has 2 aromatic rings. The maximum absolute atomic E-state index is 11.8. The summed E-state index contributed by atoms with van der Waals surface area (Å²) in [4.78, 5) is 11.8. The van der Waals surface area contributed by atoms with Crippen LogP contribution in [0.4, 0.5) is 0 Å². The molecule has 1 atom stereocenters. The Labute approximate surface area is 142 Å². The van der Waals surface area contributed by atoms with Crippen molar-refractivity contribution in [2.75, 3.05) is 6.54 Å². The van der Waals surface area contributed by atoms with E-state index in [-0.39, 0.29) is 0 Å². The van der Waals surface area contributed by atoms with Crippen molar-refractivity contribution < 1.29 is 14.3 Å². The third-order valence-corrected chi connectivity index (χ3v) is 3.59. The van der Waals surface area contributed by atoms with Crippen molar-refractivity contribution >= 4 is 5.97 Å². The Morgan fingerprint density at radius 3 is 2.29 bits per heavy atom. The van der Waals surface area contributed by atoms with E-state index in [0.717, 1.165) is 5.56 Å². The smallest absolute Gasteiger partial charge is 0.328 e. The first-order valence-electron chi connectivity index (χ1n) is 8.04. The second kappa shape index (κ2) is 9.05. The number of hydrogen-bond acceptors (Lipinski definition) is 5. The van der Waals surface area contributed by atoms with Crippen LogP contribution in [-0.4, -0.2) is 18.6 Å². The Kier molecular flexibility index (Phi) is 6.78. The second-order valence-electron chi connectivity index (χ2n) is 5.70. The highest BCUT2D eigenvalue weighted by atomic mass is 16.5. The van der Waals surface area contributed by atoms with Crippen LogP contribution in [0.3, 0.4) is 0 Å². The van der Waals surface area contributed by atoms with E-state index >= 15 is 0 Å². The van der Waals surface area contributed by atoms with Gasteiger partial charge < -0.3 is 20.9 Å². The fourth-order valence-electron chi connectivity index (χ4n) is 2.10. The van der Waals surface area contributed by atoms with E-state index in [1.54, 1.807) is 24.3 Å². The minimum atomic E-state index is -0.647. The van der Waals surface area contributed by atoms with Gasteiger partial charge in [-0.3, -0.25) is 0 Å². The Bertz CT molecular complexity index is 639. The highest BCUT2D eigenvalue weighted by Gasteiger charge is 2.15. The van der Waals surface area contributed by atoms with Gasteiger partial charge >= 0.3 is 5.97 Å². The van der Waals surface area contributed by atoms with E-state index in [1.807, 2.05) is 19.1 Å². The third kappa shape index (κ3) is 5.68. The van der Waals surface area contributed by atoms with Crippen LogP contribution < -0.4 is 20.9 Å². The number of carbonyl (C=O) groups excluding carboxylic acids is 1. The van der Waals surface area contributed by atoms with Crippen molar-refractivity contribution in [2.24, 2.45) is 11.5 Å². The van der Waals surface area contributed by atoms with Gasteiger partial charge in [0.1, 0.15) is 24.1 Å². The molecule has 0 aromatic heterocycles. The van der Waals surface area contributed by atoms with E-state index < -0.39 is 12.0 Å². The number of rotatable bonds is 8. The van der Waals surface area contributed by atoms with Crippen LogP contribution in [0.5, 0.6) is 11.5 Å². The normalized spacial score (nSPS) is 11.8. The summed E-state index contributed by atoms with van der Waals surface area (Å²) >= 11 is 0. The average Bonchev–Trinajstić information content (AvgIpc) is 2.60. The van der Waals surface area contributed by atoms with E-state index in [9.17, 15) is 4.79 Å². The summed E-state index contributed by atoms with van der Waals surface area (Å²) in [6.45, 7) is 3.05. The molecule has 0 spiro atoms. The lowest BCUT2D eigenvalue weighted by molar-refractivity contribution is -0.136. The lowest BCUT2D eigenvalue weighted by Crippen LogP contribution is -2.34. The van der Waals surface area contributed by atoms with E-state index in [0.29, 0.717) is 37.5 Å². The molecule has 1 unspecified atom stereocenters. The maximum Gasteiger partial charge on any atom is 0.328 e. The Hall–Kier alpha value is -2.37. The fourth-order valence-corrected chi connectivity index (χ4v) is 2.10. The number of esters is 1. The topological polar surface area (TPSA) is 87.6 Å². The van der Waals surface area contributed by atoms with Gasteiger partial charge in [-0.2, -0.15) is 0 Å². The van der Waals surface area contributed by atoms with E-state index in [1.165, 1.54) is 5.56 Å². The van der Waals surface area contributed by atoms with Gasteiger partial charge in [0.25, 0.3) is 0 Å². The molecule has 5 nitrogen and oxygen atoms in total. The van der Waals surface area contributed by atoms with E-state index in [2.05, 4.69) is 12.1 Å². The molecule has 0 saturated heterocycles.